The number of hydrogen-bond donors (Lipinski definition) is 2. The summed E-state index contributed by atoms with van der Waals surface area (Å²) in [4.78, 5) is 27.4. The fourth-order valence-electron chi connectivity index (χ4n) is 4.40. The molecule has 9 heteroatoms. The summed E-state index contributed by atoms with van der Waals surface area (Å²) < 4.78 is 0. The van der Waals surface area contributed by atoms with Gasteiger partial charge in [0.1, 0.15) is 11.5 Å². The number of phenolic OH excluding ortho intramolecular Hbond substituents is 2. The first-order valence-electron chi connectivity index (χ1n) is 14.3. The molecule has 8 nitrogen and oxygen atoms in total. The van der Waals surface area contributed by atoms with E-state index in [2.05, 4.69) is 65.8 Å². The summed E-state index contributed by atoms with van der Waals surface area (Å²) in [6.45, 7) is 18.9. The Bertz CT molecular complexity index is 1170. The van der Waals surface area contributed by atoms with Crippen molar-refractivity contribution in [2.24, 2.45) is 9.98 Å². The van der Waals surface area contributed by atoms with Crippen LogP contribution in [0.5, 0.6) is 11.5 Å². The third-order valence-electron chi connectivity index (χ3n) is 6.91. The molecule has 1 saturated carbocycles. The van der Waals surface area contributed by atoms with Gasteiger partial charge >= 0.3 is 16.8 Å². The molecule has 0 heterocycles. The van der Waals surface area contributed by atoms with Crippen LogP contribution in [0, 0.1) is 13.8 Å². The fourth-order valence-corrected chi connectivity index (χ4v) is 4.40. The largest absolute Gasteiger partial charge is 2.00 e. The van der Waals surface area contributed by atoms with E-state index in [9.17, 15) is 10.2 Å². The van der Waals surface area contributed by atoms with Gasteiger partial charge < -0.3 is 30.0 Å². The molecule has 0 amide bonds. The molecule has 43 heavy (non-hydrogen) atoms. The van der Waals surface area contributed by atoms with E-state index in [0.717, 1.165) is 61.8 Å². The summed E-state index contributed by atoms with van der Waals surface area (Å²) in [6, 6.07) is 8.75. The predicted octanol–water partition coefficient (Wildman–Crippen LogP) is 4.67. The molecule has 0 unspecified atom stereocenters. The Labute approximate surface area is 267 Å². The number of aliphatic imine (C=N–C) groups is 2. The molecule has 0 bridgehead atoms. The van der Waals surface area contributed by atoms with E-state index in [1.165, 1.54) is 11.1 Å². The molecule has 0 atom stereocenters. The molecule has 1 aliphatic rings. The van der Waals surface area contributed by atoms with Crippen molar-refractivity contribution >= 4 is 24.4 Å². The van der Waals surface area contributed by atoms with E-state index in [-0.39, 0.29) is 39.7 Å². The van der Waals surface area contributed by atoms with E-state index in [0.29, 0.717) is 11.5 Å². The summed E-state index contributed by atoms with van der Waals surface area (Å²) in [6.07, 6.45) is 7.61. The molecule has 0 aliphatic heterocycles. The number of carboxylic acid groups (broad SMARTS) is 2. The second kappa shape index (κ2) is 17.2. The molecular weight excluding hydrogens is 591 g/mol. The number of rotatable bonds is 4. The number of carboxylic acids is 2. The average Bonchev–Trinajstić information content (AvgIpc) is 2.84. The quantitative estimate of drug-likeness (QED) is 0.465. The van der Waals surface area contributed by atoms with Crippen LogP contribution in [0.1, 0.15) is 114 Å². The number of phenols is 2. The van der Waals surface area contributed by atoms with Crippen molar-refractivity contribution in [1.29, 1.82) is 0 Å². The summed E-state index contributed by atoms with van der Waals surface area (Å²) in [5.41, 5.74) is 5.84. The van der Waals surface area contributed by atoms with Gasteiger partial charge in [0.25, 0.3) is 0 Å². The number of aliphatic carboxylic acids is 2. The zero-order valence-electron chi connectivity index (χ0n) is 27.2. The van der Waals surface area contributed by atoms with Crippen molar-refractivity contribution < 1.29 is 46.8 Å². The molecule has 3 rings (SSSR count). The van der Waals surface area contributed by atoms with Crippen molar-refractivity contribution in [1.82, 2.24) is 0 Å². The smallest absolute Gasteiger partial charge is 0.550 e. The topological polar surface area (TPSA) is 145 Å². The van der Waals surface area contributed by atoms with Crippen LogP contribution in [-0.4, -0.2) is 46.7 Å². The Balaban J connectivity index is 0.00000174. The van der Waals surface area contributed by atoms with Crippen LogP contribution in [0.15, 0.2) is 34.3 Å². The minimum absolute atomic E-state index is 0. The first-order valence-corrected chi connectivity index (χ1v) is 14.3. The summed E-state index contributed by atoms with van der Waals surface area (Å²) in [5.74, 6) is -1.52. The first kappa shape index (κ1) is 39.8. The van der Waals surface area contributed by atoms with E-state index < -0.39 is 11.9 Å². The fraction of sp³-hybridized carbons (Fsp3) is 0.529. The summed E-state index contributed by atoms with van der Waals surface area (Å²) in [7, 11) is 0. The van der Waals surface area contributed by atoms with Crippen LogP contribution < -0.4 is 10.2 Å². The van der Waals surface area contributed by atoms with Crippen molar-refractivity contribution in [2.45, 2.75) is 118 Å². The summed E-state index contributed by atoms with van der Waals surface area (Å²) in [5, 5.41) is 38.8. The number of carbonyl (C=O) groups is 2. The van der Waals surface area contributed by atoms with Crippen LogP contribution in [0.2, 0.25) is 0 Å². The van der Waals surface area contributed by atoms with Crippen LogP contribution in [0.3, 0.4) is 0 Å². The number of nitrogens with zero attached hydrogens (tertiary/aromatic N) is 2. The van der Waals surface area contributed by atoms with Gasteiger partial charge in [0.05, 0.1) is 12.1 Å². The van der Waals surface area contributed by atoms with Gasteiger partial charge in [-0.1, -0.05) is 53.7 Å². The number of aromatic hydroxyl groups is 2. The maximum absolute atomic E-state index is 10.5. The predicted molar refractivity (Wildman–Crippen MR) is 166 cm³/mol. The van der Waals surface area contributed by atoms with Crippen LogP contribution in [0.4, 0.5) is 0 Å². The standard InChI is InChI=1S/C30H42N2O2.2C2H4O2.Co/c1-19-13-23(29(3,4)5)15-21(27(19)33)17-31-25-9-11-26(12-10-25)32-18-22-16-24(30(6,7)8)14-20(2)28(22)34;2*1-2(3)4;/h13-18,25-26,33-34H,9-12H2,1-8H3;2*1H3,(H,3,4);/q;;;+2/p-2. The zero-order chi connectivity index (χ0) is 32.4. The number of hydrogen-bond acceptors (Lipinski definition) is 8. The van der Waals surface area contributed by atoms with E-state index >= 15 is 0 Å². The maximum Gasteiger partial charge on any atom is 2.00 e. The second-order valence-electron chi connectivity index (χ2n) is 13.0. The number of aryl methyl sites for hydroxylation is 2. The number of carbonyl (C=O) groups excluding carboxylic acids is 2. The third-order valence-corrected chi connectivity index (χ3v) is 6.91. The average molecular weight is 640 g/mol. The Morgan fingerprint density at radius 3 is 1.19 bits per heavy atom. The van der Waals surface area contributed by atoms with E-state index in [4.69, 9.17) is 29.8 Å². The molecule has 0 saturated heterocycles. The van der Waals surface area contributed by atoms with Crippen molar-refractivity contribution in [2.75, 3.05) is 0 Å². The van der Waals surface area contributed by atoms with Crippen LogP contribution in [0.25, 0.3) is 0 Å². The second-order valence-corrected chi connectivity index (χ2v) is 13.0. The Kier molecular flexibility index (Phi) is 15.9. The molecule has 2 aromatic carbocycles. The van der Waals surface area contributed by atoms with Crippen molar-refractivity contribution in [3.8, 4) is 11.5 Å². The molecule has 0 aromatic heterocycles. The molecular formula is C34H48CoN2O6. The van der Waals surface area contributed by atoms with Crippen molar-refractivity contribution in [3.05, 3.63) is 57.6 Å². The maximum atomic E-state index is 10.5. The Morgan fingerprint density at radius 2 is 0.953 bits per heavy atom. The molecule has 1 aliphatic carbocycles. The van der Waals surface area contributed by atoms with Crippen molar-refractivity contribution in [3.63, 3.8) is 0 Å². The molecule has 0 spiro atoms. The third kappa shape index (κ3) is 14.2. The van der Waals surface area contributed by atoms with Gasteiger partial charge in [0.15, 0.2) is 0 Å². The molecule has 2 N–H and O–H groups in total. The molecule has 1 fully saturated rings. The van der Waals surface area contributed by atoms with Gasteiger partial charge in [0, 0.05) is 35.5 Å². The van der Waals surface area contributed by atoms with Crippen LogP contribution >= 0.6 is 0 Å². The summed E-state index contributed by atoms with van der Waals surface area (Å²) >= 11 is 0. The minimum atomic E-state index is -1.08. The van der Waals surface area contributed by atoms with Gasteiger partial charge in [-0.3, -0.25) is 9.98 Å². The normalized spacial score (nSPS) is 16.9. The van der Waals surface area contributed by atoms with Gasteiger partial charge in [-0.25, -0.2) is 0 Å². The van der Waals surface area contributed by atoms with E-state index in [1.54, 1.807) is 0 Å². The van der Waals surface area contributed by atoms with Gasteiger partial charge in [-0.15, -0.1) is 0 Å². The monoisotopic (exact) mass is 639 g/mol. The van der Waals surface area contributed by atoms with Crippen LogP contribution in [-0.2, 0) is 37.2 Å². The molecule has 1 radical (unpaired) electrons. The minimum Gasteiger partial charge on any atom is -0.550 e. The first-order chi connectivity index (χ1) is 19.2. The van der Waals surface area contributed by atoms with E-state index in [1.807, 2.05) is 26.3 Å². The Hall–Kier alpha value is -3.17. The Morgan fingerprint density at radius 1 is 0.698 bits per heavy atom. The van der Waals surface area contributed by atoms with Gasteiger partial charge in [0.2, 0.25) is 0 Å². The zero-order valence-corrected chi connectivity index (χ0v) is 28.2. The van der Waals surface area contributed by atoms with Gasteiger partial charge in [-0.05, 0) is 98.6 Å². The molecule has 239 valence electrons. The molecule has 2 aromatic rings. The van der Waals surface area contributed by atoms with Gasteiger partial charge in [-0.2, -0.15) is 0 Å². The number of benzene rings is 2. The SMILES string of the molecule is CC(=O)[O-].CC(=O)[O-].Cc1cc(C(C)(C)C)cc(C=NC2CCC(N=Cc3cc(C(C)(C)C)cc(C)c3O)CC2)c1O.[Co+2].